The van der Waals surface area contributed by atoms with Crippen LogP contribution in [0.2, 0.25) is 0 Å². The van der Waals surface area contributed by atoms with Gasteiger partial charge in [0.2, 0.25) is 5.91 Å². The van der Waals surface area contributed by atoms with E-state index in [9.17, 15) is 22.8 Å². The number of carbonyl (C=O) groups is 2. The molecule has 36 heavy (non-hydrogen) atoms. The number of amides is 2. The number of alkyl halides is 3. The molecule has 2 amide bonds. The number of hydrogen-bond acceptors (Lipinski definition) is 5. The van der Waals surface area contributed by atoms with Crippen LogP contribution in [-0.2, 0) is 20.4 Å². The van der Waals surface area contributed by atoms with Crippen molar-refractivity contribution in [1.29, 1.82) is 0 Å². The van der Waals surface area contributed by atoms with E-state index in [-0.39, 0.29) is 30.1 Å². The molecule has 2 aliphatic heterocycles. The molecule has 1 saturated carbocycles. The molecule has 3 unspecified atom stereocenters. The van der Waals surface area contributed by atoms with Crippen molar-refractivity contribution in [3.63, 3.8) is 0 Å². The second-order valence-corrected chi connectivity index (χ2v) is 10.2. The van der Waals surface area contributed by atoms with Crippen LogP contribution in [0.5, 0.6) is 0 Å². The number of rotatable bonds is 9. The van der Waals surface area contributed by atoms with Gasteiger partial charge in [0, 0.05) is 44.0 Å². The zero-order valence-electron chi connectivity index (χ0n) is 20.5. The van der Waals surface area contributed by atoms with E-state index in [1.54, 1.807) is 0 Å². The average molecular weight is 512 g/mol. The molecule has 200 valence electrons. The summed E-state index contributed by atoms with van der Waals surface area (Å²) in [7, 11) is 0. The third-order valence-corrected chi connectivity index (χ3v) is 7.44. The first-order chi connectivity index (χ1) is 17.3. The second-order valence-electron chi connectivity index (χ2n) is 10.2. The minimum absolute atomic E-state index is 0.0404. The maximum atomic E-state index is 12.9. The topological polar surface area (TPSA) is 79.9 Å². The van der Waals surface area contributed by atoms with Crippen LogP contribution < -0.4 is 10.6 Å². The molecule has 0 radical (unpaired) electrons. The lowest BCUT2D eigenvalue weighted by atomic mass is 9.87. The van der Waals surface area contributed by atoms with Crippen molar-refractivity contribution in [2.45, 2.75) is 56.8 Å². The molecule has 2 N–H and O–H groups in total. The van der Waals surface area contributed by atoms with Gasteiger partial charge in [0.1, 0.15) is 0 Å². The summed E-state index contributed by atoms with van der Waals surface area (Å²) in [6.45, 7) is 4.69. The summed E-state index contributed by atoms with van der Waals surface area (Å²) < 4.78 is 50.0. The summed E-state index contributed by atoms with van der Waals surface area (Å²) in [6.07, 6.45) is 1.52. The van der Waals surface area contributed by atoms with Crippen LogP contribution in [0.25, 0.3) is 0 Å². The fourth-order valence-electron chi connectivity index (χ4n) is 5.54. The lowest BCUT2D eigenvalue weighted by molar-refractivity contribution is -0.137. The van der Waals surface area contributed by atoms with E-state index >= 15 is 0 Å². The lowest BCUT2D eigenvalue weighted by Crippen LogP contribution is -2.56. The van der Waals surface area contributed by atoms with Crippen LogP contribution in [0.1, 0.15) is 54.4 Å². The van der Waals surface area contributed by atoms with Crippen LogP contribution in [-0.4, -0.2) is 74.9 Å². The number of halogens is 3. The molecule has 0 spiro atoms. The summed E-state index contributed by atoms with van der Waals surface area (Å²) in [4.78, 5) is 27.7. The first kappa shape index (κ1) is 26.9. The minimum Gasteiger partial charge on any atom is -0.381 e. The van der Waals surface area contributed by atoms with Crippen LogP contribution in [0, 0.1) is 11.8 Å². The predicted octanol–water partition coefficient (Wildman–Crippen LogP) is 3.24. The van der Waals surface area contributed by atoms with E-state index in [1.165, 1.54) is 12.1 Å². The molecular formula is C26H36F3N3O4. The molecule has 4 atom stereocenters. The van der Waals surface area contributed by atoms with Crippen LogP contribution in [0.4, 0.5) is 13.2 Å². The number of ether oxygens (including phenoxy) is 2. The molecular weight excluding hydrogens is 475 g/mol. The van der Waals surface area contributed by atoms with E-state index in [0.717, 1.165) is 90.2 Å². The van der Waals surface area contributed by atoms with Gasteiger partial charge >= 0.3 is 6.18 Å². The summed E-state index contributed by atoms with van der Waals surface area (Å²) in [5.74, 6) is -0.0733. The highest BCUT2D eigenvalue weighted by Gasteiger charge is 2.35. The summed E-state index contributed by atoms with van der Waals surface area (Å²) in [5.41, 5.74) is -1.03. The zero-order valence-corrected chi connectivity index (χ0v) is 20.5. The summed E-state index contributed by atoms with van der Waals surface area (Å²) in [6, 6.07) is 4.35. The normalized spacial score (nSPS) is 26.8. The standard InChI is InChI=1S/C26H36F3N3O4/c27-26(28,29)21-5-3-4-20(12-21)25(34)30-13-24(33)31-22-6-1-2-7-23(22)32(14-18-8-10-35-16-18)15-19-9-11-36-17-19/h3-5,12,18-19,22-23H,1-2,6-11,13-17H2,(H,30,34)(H,31,33)/t18?,19?,22?,23-/m0/s1. The maximum Gasteiger partial charge on any atom is 0.416 e. The largest absolute Gasteiger partial charge is 0.416 e. The molecule has 7 nitrogen and oxygen atoms in total. The molecule has 0 aromatic heterocycles. The van der Waals surface area contributed by atoms with Gasteiger partial charge in [0.25, 0.3) is 5.91 Å². The number of benzene rings is 1. The van der Waals surface area contributed by atoms with Crippen molar-refractivity contribution in [3.8, 4) is 0 Å². The summed E-state index contributed by atoms with van der Waals surface area (Å²) >= 11 is 0. The van der Waals surface area contributed by atoms with Crippen molar-refractivity contribution < 1.29 is 32.2 Å². The Balaban J connectivity index is 1.34. The molecule has 1 aromatic carbocycles. The molecule has 0 bridgehead atoms. The molecule has 3 fully saturated rings. The molecule has 2 saturated heterocycles. The van der Waals surface area contributed by atoms with Gasteiger partial charge in [-0.3, -0.25) is 14.5 Å². The maximum absolute atomic E-state index is 12.9. The Bertz CT molecular complexity index is 867. The van der Waals surface area contributed by atoms with Crippen molar-refractivity contribution in [1.82, 2.24) is 15.5 Å². The van der Waals surface area contributed by atoms with E-state index < -0.39 is 17.6 Å². The van der Waals surface area contributed by atoms with Crippen molar-refractivity contribution in [2.75, 3.05) is 46.1 Å². The average Bonchev–Trinajstić information content (AvgIpc) is 3.57. The number of carbonyl (C=O) groups excluding carboxylic acids is 2. The van der Waals surface area contributed by atoms with Gasteiger partial charge in [0.15, 0.2) is 0 Å². The lowest BCUT2D eigenvalue weighted by Gasteiger charge is -2.42. The number of nitrogens with zero attached hydrogens (tertiary/aromatic N) is 1. The quantitative estimate of drug-likeness (QED) is 0.532. The Labute approximate surface area is 210 Å². The van der Waals surface area contributed by atoms with Gasteiger partial charge in [-0.25, -0.2) is 0 Å². The minimum atomic E-state index is -4.54. The van der Waals surface area contributed by atoms with Gasteiger partial charge in [0.05, 0.1) is 25.3 Å². The first-order valence-corrected chi connectivity index (χ1v) is 12.9. The van der Waals surface area contributed by atoms with E-state index in [4.69, 9.17) is 9.47 Å². The fraction of sp³-hybridized carbons (Fsp3) is 0.692. The van der Waals surface area contributed by atoms with Gasteiger partial charge in [-0.1, -0.05) is 18.9 Å². The highest BCUT2D eigenvalue weighted by Crippen LogP contribution is 2.30. The van der Waals surface area contributed by atoms with Crippen LogP contribution in [0.3, 0.4) is 0 Å². The monoisotopic (exact) mass is 511 g/mol. The highest BCUT2D eigenvalue weighted by molar-refractivity contribution is 5.96. The molecule has 10 heteroatoms. The second kappa shape index (κ2) is 12.4. The molecule has 4 rings (SSSR count). The smallest absolute Gasteiger partial charge is 0.381 e. The Hall–Kier alpha value is -2.17. The SMILES string of the molecule is O=C(CNC(=O)c1cccc(C(F)(F)F)c1)NC1CCCC[C@@H]1N(CC1CCOC1)CC1CCOC1. The Morgan fingerprint density at radius 1 is 0.972 bits per heavy atom. The predicted molar refractivity (Wildman–Crippen MR) is 127 cm³/mol. The third kappa shape index (κ3) is 7.43. The van der Waals surface area contributed by atoms with Crippen molar-refractivity contribution >= 4 is 11.8 Å². The molecule has 2 heterocycles. The molecule has 1 aromatic rings. The van der Waals surface area contributed by atoms with Crippen LogP contribution >= 0.6 is 0 Å². The van der Waals surface area contributed by atoms with Gasteiger partial charge in [-0.05, 0) is 55.7 Å². The number of nitrogens with one attached hydrogen (secondary N) is 2. The Morgan fingerprint density at radius 2 is 1.64 bits per heavy atom. The first-order valence-electron chi connectivity index (χ1n) is 12.9. The van der Waals surface area contributed by atoms with E-state index in [1.807, 2.05) is 0 Å². The Morgan fingerprint density at radius 3 is 2.25 bits per heavy atom. The van der Waals surface area contributed by atoms with E-state index in [0.29, 0.717) is 11.8 Å². The fourth-order valence-corrected chi connectivity index (χ4v) is 5.54. The molecule has 1 aliphatic carbocycles. The zero-order chi connectivity index (χ0) is 25.5. The molecule has 3 aliphatic rings. The van der Waals surface area contributed by atoms with Gasteiger partial charge < -0.3 is 20.1 Å². The van der Waals surface area contributed by atoms with Gasteiger partial charge in [-0.2, -0.15) is 13.2 Å². The van der Waals surface area contributed by atoms with Crippen LogP contribution in [0.15, 0.2) is 24.3 Å². The Kier molecular flexibility index (Phi) is 9.25. The summed E-state index contributed by atoms with van der Waals surface area (Å²) in [5, 5.41) is 5.57. The van der Waals surface area contributed by atoms with E-state index in [2.05, 4.69) is 15.5 Å². The highest BCUT2D eigenvalue weighted by atomic mass is 19.4. The van der Waals surface area contributed by atoms with Gasteiger partial charge in [-0.15, -0.1) is 0 Å². The third-order valence-electron chi connectivity index (χ3n) is 7.44. The van der Waals surface area contributed by atoms with Crippen molar-refractivity contribution in [2.24, 2.45) is 11.8 Å². The number of hydrogen-bond donors (Lipinski definition) is 2. The van der Waals surface area contributed by atoms with Crippen molar-refractivity contribution in [3.05, 3.63) is 35.4 Å².